The molecule has 1 saturated heterocycles. The molecule has 10 nitrogen and oxygen atoms in total. The van der Waals surface area contributed by atoms with Crippen LogP contribution in [0.2, 0.25) is 0 Å². The highest BCUT2D eigenvalue weighted by Gasteiger charge is 2.32. The molecule has 1 unspecified atom stereocenters. The largest absolute Gasteiger partial charge is 0.494 e. The highest BCUT2D eigenvalue weighted by Crippen LogP contribution is 2.23. The summed E-state index contributed by atoms with van der Waals surface area (Å²) in [5, 5.41) is 8.43. The number of halogens is 1. The SMILES string of the molecule is Cc1ccc2cc1CNC(=O)[C@H](CCc1cccnc1)NC(=O)[C@@H](NC(=O)Cc1ccccc1F)CC(=O)N1CCCC(CCO2)C1. The molecule has 4 amide bonds. The second kappa shape index (κ2) is 16.2. The number of ether oxygens (including phenoxy) is 1. The summed E-state index contributed by atoms with van der Waals surface area (Å²) in [5.41, 5.74) is 2.94. The molecule has 47 heavy (non-hydrogen) atoms. The smallest absolute Gasteiger partial charge is 0.243 e. The number of fused-ring (bicyclic) bond motifs is 4. The third-order valence-electron chi connectivity index (χ3n) is 8.86. The maximum atomic E-state index is 14.3. The minimum atomic E-state index is -1.27. The van der Waals surface area contributed by atoms with Gasteiger partial charge in [0.2, 0.25) is 23.6 Å². The lowest BCUT2D eigenvalue weighted by molar-refractivity contribution is -0.138. The highest BCUT2D eigenvalue weighted by molar-refractivity contribution is 5.95. The number of nitrogens with zero attached hydrogens (tertiary/aromatic N) is 2. The monoisotopic (exact) mass is 643 g/mol. The van der Waals surface area contributed by atoms with Gasteiger partial charge in [0.1, 0.15) is 23.7 Å². The van der Waals surface area contributed by atoms with Crippen LogP contribution < -0.4 is 20.7 Å². The van der Waals surface area contributed by atoms with E-state index in [1.165, 1.54) is 18.2 Å². The number of piperidine rings is 1. The number of carbonyl (C=O) groups is 4. The maximum absolute atomic E-state index is 14.3. The molecule has 4 bridgehead atoms. The van der Waals surface area contributed by atoms with Crippen LogP contribution in [0.3, 0.4) is 0 Å². The molecule has 5 rings (SSSR count). The van der Waals surface area contributed by atoms with Crippen LogP contribution in [0.1, 0.15) is 54.4 Å². The molecule has 1 aromatic heterocycles. The summed E-state index contributed by atoms with van der Waals surface area (Å²) >= 11 is 0. The van der Waals surface area contributed by atoms with Crippen LogP contribution in [-0.2, 0) is 38.6 Å². The van der Waals surface area contributed by atoms with Crippen molar-refractivity contribution in [1.82, 2.24) is 25.8 Å². The first-order chi connectivity index (χ1) is 22.7. The number of aromatic nitrogens is 1. The zero-order valence-corrected chi connectivity index (χ0v) is 26.7. The summed E-state index contributed by atoms with van der Waals surface area (Å²) < 4.78 is 20.4. The Bertz CT molecular complexity index is 1570. The number of carbonyl (C=O) groups excluding carboxylic acids is 4. The molecule has 0 radical (unpaired) electrons. The number of aryl methyl sites for hydroxylation is 2. The van der Waals surface area contributed by atoms with E-state index in [9.17, 15) is 23.6 Å². The van der Waals surface area contributed by atoms with Crippen molar-refractivity contribution >= 4 is 23.6 Å². The van der Waals surface area contributed by atoms with Gasteiger partial charge in [0.05, 0.1) is 19.4 Å². The van der Waals surface area contributed by atoms with Crippen molar-refractivity contribution < 1.29 is 28.3 Å². The van der Waals surface area contributed by atoms with Gasteiger partial charge in [-0.3, -0.25) is 24.2 Å². The Morgan fingerprint density at radius 1 is 1.09 bits per heavy atom. The van der Waals surface area contributed by atoms with Gasteiger partial charge < -0.3 is 25.6 Å². The fourth-order valence-corrected chi connectivity index (χ4v) is 6.08. The summed E-state index contributed by atoms with van der Waals surface area (Å²) in [6, 6.07) is 13.1. The Hall–Kier alpha value is -4.80. The standard InChI is InChI=1S/C36H42FN5O5/c1-24-10-12-29-18-28(24)22-39-35(45)31(13-11-25-6-4-15-38-21-25)41-36(46)32(40-33(43)19-27-8-2-3-9-30(27)37)20-34(44)42-16-5-7-26(23-42)14-17-47-29/h2-4,6,8-10,12,15,18,21,26,31-32H,5,7,11,13-14,16-17,19-20,22-23H2,1H3,(H,39,45)(H,40,43)(H,41,46)/t26?,31-,32-/m0/s1. The Morgan fingerprint density at radius 2 is 1.94 bits per heavy atom. The van der Waals surface area contributed by atoms with E-state index in [-0.39, 0.29) is 43.2 Å². The zero-order valence-electron chi connectivity index (χ0n) is 26.7. The second-order valence-electron chi connectivity index (χ2n) is 12.3. The molecular weight excluding hydrogens is 601 g/mol. The number of hydrogen-bond acceptors (Lipinski definition) is 6. The van der Waals surface area contributed by atoms with Gasteiger partial charge in [0, 0.05) is 32.0 Å². The van der Waals surface area contributed by atoms with E-state index < -0.39 is 35.6 Å². The predicted molar refractivity (Wildman–Crippen MR) is 174 cm³/mol. The van der Waals surface area contributed by atoms with E-state index in [0.717, 1.165) is 36.0 Å². The zero-order chi connectivity index (χ0) is 33.2. The van der Waals surface area contributed by atoms with E-state index in [0.29, 0.717) is 31.9 Å². The number of amides is 4. The molecule has 0 aliphatic carbocycles. The fraction of sp³-hybridized carbons (Fsp3) is 0.417. The number of hydrogen-bond donors (Lipinski definition) is 3. The summed E-state index contributed by atoms with van der Waals surface area (Å²) in [7, 11) is 0. The van der Waals surface area contributed by atoms with Gasteiger partial charge in [0.25, 0.3) is 0 Å². The lowest BCUT2D eigenvalue weighted by Crippen LogP contribution is -2.55. The van der Waals surface area contributed by atoms with Crippen LogP contribution in [0.5, 0.6) is 5.75 Å². The van der Waals surface area contributed by atoms with Gasteiger partial charge in [-0.1, -0.05) is 30.3 Å². The van der Waals surface area contributed by atoms with Gasteiger partial charge in [-0.2, -0.15) is 0 Å². The molecule has 1 fully saturated rings. The Kier molecular flexibility index (Phi) is 11.5. The molecule has 248 valence electrons. The predicted octanol–water partition coefficient (Wildman–Crippen LogP) is 3.40. The quantitative estimate of drug-likeness (QED) is 0.378. The first-order valence-electron chi connectivity index (χ1n) is 16.2. The van der Waals surface area contributed by atoms with E-state index in [2.05, 4.69) is 20.9 Å². The van der Waals surface area contributed by atoms with Crippen molar-refractivity contribution in [3.8, 4) is 5.75 Å². The van der Waals surface area contributed by atoms with Crippen molar-refractivity contribution in [2.24, 2.45) is 5.92 Å². The summed E-state index contributed by atoms with van der Waals surface area (Å²) in [6.07, 6.45) is 6.00. The average molecular weight is 644 g/mol. The van der Waals surface area contributed by atoms with E-state index in [1.54, 1.807) is 29.4 Å². The maximum Gasteiger partial charge on any atom is 0.243 e. The molecule has 3 atom stereocenters. The molecular formula is C36H42FN5O5. The number of pyridine rings is 1. The topological polar surface area (TPSA) is 130 Å². The lowest BCUT2D eigenvalue weighted by Gasteiger charge is -2.34. The Balaban J connectivity index is 1.40. The molecule has 2 aliphatic rings. The lowest BCUT2D eigenvalue weighted by atomic mass is 9.94. The van der Waals surface area contributed by atoms with Crippen molar-refractivity contribution in [3.05, 3.63) is 95.1 Å². The summed E-state index contributed by atoms with van der Waals surface area (Å²) in [5.74, 6) is -1.54. The minimum absolute atomic E-state index is 0.172. The van der Waals surface area contributed by atoms with E-state index >= 15 is 0 Å². The third kappa shape index (κ3) is 9.60. The van der Waals surface area contributed by atoms with Gasteiger partial charge in [-0.25, -0.2) is 4.39 Å². The van der Waals surface area contributed by atoms with Crippen LogP contribution in [0.4, 0.5) is 4.39 Å². The van der Waals surface area contributed by atoms with Gasteiger partial charge >= 0.3 is 0 Å². The summed E-state index contributed by atoms with van der Waals surface area (Å²) in [4.78, 5) is 60.1. The van der Waals surface area contributed by atoms with Crippen molar-refractivity contribution in [3.63, 3.8) is 0 Å². The molecule has 3 aromatic rings. The molecule has 3 N–H and O–H groups in total. The number of benzene rings is 2. The second-order valence-corrected chi connectivity index (χ2v) is 12.3. The van der Waals surface area contributed by atoms with Crippen LogP contribution in [0.25, 0.3) is 0 Å². The fourth-order valence-electron chi connectivity index (χ4n) is 6.08. The normalized spacial score (nSPS) is 21.0. The highest BCUT2D eigenvalue weighted by atomic mass is 19.1. The number of nitrogens with one attached hydrogen (secondary N) is 3. The van der Waals surface area contributed by atoms with Crippen LogP contribution in [-0.4, -0.2) is 65.3 Å². The van der Waals surface area contributed by atoms with E-state index in [4.69, 9.17) is 4.74 Å². The van der Waals surface area contributed by atoms with Crippen LogP contribution in [0.15, 0.2) is 67.0 Å². The van der Waals surface area contributed by atoms with Crippen LogP contribution >= 0.6 is 0 Å². The van der Waals surface area contributed by atoms with Gasteiger partial charge in [-0.15, -0.1) is 0 Å². The number of rotatable bonds is 6. The molecule has 2 aliphatic heterocycles. The van der Waals surface area contributed by atoms with E-state index in [1.807, 2.05) is 31.2 Å². The van der Waals surface area contributed by atoms with Crippen molar-refractivity contribution in [1.29, 1.82) is 0 Å². The average Bonchev–Trinajstić information content (AvgIpc) is 3.07. The first kappa shape index (κ1) is 33.6. The van der Waals surface area contributed by atoms with Crippen molar-refractivity contribution in [2.45, 2.75) is 70.5 Å². The minimum Gasteiger partial charge on any atom is -0.494 e. The molecule has 3 heterocycles. The van der Waals surface area contributed by atoms with Crippen LogP contribution in [0, 0.1) is 18.7 Å². The molecule has 0 saturated carbocycles. The third-order valence-corrected chi connectivity index (χ3v) is 8.86. The molecule has 11 heteroatoms. The van der Waals surface area contributed by atoms with Crippen molar-refractivity contribution in [2.75, 3.05) is 19.7 Å². The van der Waals surface area contributed by atoms with Gasteiger partial charge in [0.15, 0.2) is 0 Å². The molecule has 0 spiro atoms. The molecule has 2 aromatic carbocycles. The van der Waals surface area contributed by atoms with Gasteiger partial charge in [-0.05, 0) is 91.5 Å². The Morgan fingerprint density at radius 3 is 2.74 bits per heavy atom. The first-order valence-corrected chi connectivity index (χ1v) is 16.2. The summed E-state index contributed by atoms with van der Waals surface area (Å²) in [6.45, 7) is 3.73. The Labute approximate surface area is 274 Å².